The summed E-state index contributed by atoms with van der Waals surface area (Å²) >= 11 is 1.34. The molecule has 0 aliphatic rings. The Kier molecular flexibility index (Phi) is 5.71. The summed E-state index contributed by atoms with van der Waals surface area (Å²) < 4.78 is 0. The number of aromatic nitrogens is 2. The number of benzene rings is 2. The first-order valence-electron chi connectivity index (χ1n) is 8.74. The summed E-state index contributed by atoms with van der Waals surface area (Å²) in [5.41, 5.74) is 7.64. The van der Waals surface area contributed by atoms with E-state index in [1.807, 2.05) is 68.4 Å². The largest absolute Gasteiger partial charge is 0.374 e. The highest BCUT2D eigenvalue weighted by atomic mass is 32.1. The first-order valence-corrected chi connectivity index (χ1v) is 9.55. The van der Waals surface area contributed by atoms with E-state index < -0.39 is 5.54 Å². The molecule has 0 aliphatic carbocycles. The molecule has 4 N–H and O–H groups in total. The van der Waals surface area contributed by atoms with Crippen LogP contribution in [0.5, 0.6) is 0 Å². The minimum absolute atomic E-state index is 0.105. The minimum Gasteiger partial charge on any atom is -0.374 e. The molecule has 2 aromatic carbocycles. The fourth-order valence-corrected chi connectivity index (χ4v) is 3.39. The maximum Gasteiger partial charge on any atom is 0.250 e. The zero-order valence-electron chi connectivity index (χ0n) is 15.4. The van der Waals surface area contributed by atoms with Crippen molar-refractivity contribution in [3.8, 4) is 0 Å². The second-order valence-corrected chi connectivity index (χ2v) is 7.62. The molecule has 3 aromatic rings. The van der Waals surface area contributed by atoms with Crippen molar-refractivity contribution in [3.05, 3.63) is 70.7 Å². The van der Waals surface area contributed by atoms with Crippen molar-refractivity contribution in [3.63, 3.8) is 0 Å². The van der Waals surface area contributed by atoms with Gasteiger partial charge in [-0.25, -0.2) is 0 Å². The number of nitrogens with zero attached hydrogens (tertiary/aromatic N) is 2. The number of carbonyl (C=O) groups is 1. The van der Waals surface area contributed by atoms with Crippen molar-refractivity contribution in [1.29, 1.82) is 0 Å². The maximum atomic E-state index is 13.1. The number of hydrogen-bond donors (Lipinski definition) is 3. The predicted octanol–water partition coefficient (Wildman–Crippen LogP) is 3.11. The molecule has 0 fully saturated rings. The third kappa shape index (κ3) is 4.62. The van der Waals surface area contributed by atoms with Crippen LogP contribution in [0.3, 0.4) is 0 Å². The molecule has 0 saturated heterocycles. The molecule has 1 atom stereocenters. The second-order valence-electron chi connectivity index (χ2n) is 6.52. The Morgan fingerprint density at radius 1 is 1.11 bits per heavy atom. The van der Waals surface area contributed by atoms with Gasteiger partial charge in [0, 0.05) is 18.7 Å². The Labute approximate surface area is 162 Å². The fourth-order valence-electron chi connectivity index (χ4n) is 2.78. The van der Waals surface area contributed by atoms with Crippen molar-refractivity contribution in [1.82, 2.24) is 15.5 Å². The van der Waals surface area contributed by atoms with E-state index in [9.17, 15) is 4.79 Å². The van der Waals surface area contributed by atoms with Crippen LogP contribution in [0.4, 0.5) is 10.8 Å². The summed E-state index contributed by atoms with van der Waals surface area (Å²) in [5, 5.41) is 15.4. The summed E-state index contributed by atoms with van der Waals surface area (Å²) in [6.45, 7) is 4.39. The number of amides is 1. The maximum absolute atomic E-state index is 13.1. The zero-order chi connectivity index (χ0) is 19.3. The first-order chi connectivity index (χ1) is 13.0. The van der Waals surface area contributed by atoms with Gasteiger partial charge in [-0.05, 0) is 31.5 Å². The average molecular weight is 382 g/mol. The van der Waals surface area contributed by atoms with Crippen molar-refractivity contribution < 1.29 is 4.79 Å². The Morgan fingerprint density at radius 2 is 1.81 bits per heavy atom. The summed E-state index contributed by atoms with van der Waals surface area (Å²) in [6, 6.07) is 17.7. The molecule has 0 bridgehead atoms. The number of carbonyl (C=O) groups excluding carboxylic acids is 1. The van der Waals surface area contributed by atoms with Gasteiger partial charge in [0.2, 0.25) is 11.0 Å². The zero-order valence-corrected chi connectivity index (χ0v) is 16.2. The summed E-state index contributed by atoms with van der Waals surface area (Å²) in [6.07, 6.45) is 0.593. The van der Waals surface area contributed by atoms with Gasteiger partial charge < -0.3 is 16.4 Å². The molecule has 0 aliphatic heterocycles. The molecule has 140 valence electrons. The van der Waals surface area contributed by atoms with Gasteiger partial charge in [0.15, 0.2) is 0 Å². The van der Waals surface area contributed by atoms with E-state index in [1.54, 1.807) is 0 Å². The third-order valence-corrected chi connectivity index (χ3v) is 5.17. The number of nitrogens with two attached hydrogens (primary N) is 1. The lowest BCUT2D eigenvalue weighted by atomic mass is 9.90. The molecule has 6 nitrogen and oxygen atoms in total. The standard InChI is InChI=1S/C20H23N5OS/c1-14-8-10-16(11-9-14)23-20(2,15-6-4-3-5-7-15)18(26)22-13-12-17-24-25-19(21)27-17/h3-11,23H,12-13H2,1-2H3,(H2,21,25)(H,22,26). The van der Waals surface area contributed by atoms with Crippen molar-refractivity contribution in [2.45, 2.75) is 25.8 Å². The third-order valence-electron chi connectivity index (χ3n) is 4.36. The van der Waals surface area contributed by atoms with E-state index in [0.29, 0.717) is 18.1 Å². The normalized spacial score (nSPS) is 13.0. The van der Waals surface area contributed by atoms with Crippen LogP contribution < -0.4 is 16.4 Å². The number of aryl methyl sites for hydroxylation is 1. The lowest BCUT2D eigenvalue weighted by Crippen LogP contribution is -2.48. The quantitative estimate of drug-likeness (QED) is 0.585. The van der Waals surface area contributed by atoms with E-state index in [4.69, 9.17) is 5.73 Å². The lowest BCUT2D eigenvalue weighted by Gasteiger charge is -2.31. The molecular formula is C20H23N5OS. The summed E-state index contributed by atoms with van der Waals surface area (Å²) in [4.78, 5) is 13.1. The number of anilines is 2. The van der Waals surface area contributed by atoms with E-state index >= 15 is 0 Å². The van der Waals surface area contributed by atoms with Crippen molar-refractivity contribution in [2.24, 2.45) is 0 Å². The van der Waals surface area contributed by atoms with Crippen molar-refractivity contribution >= 4 is 28.1 Å². The first kappa shape index (κ1) is 18.8. The van der Waals surface area contributed by atoms with Crippen molar-refractivity contribution in [2.75, 3.05) is 17.6 Å². The van der Waals surface area contributed by atoms with Crippen LogP contribution >= 0.6 is 11.3 Å². The van der Waals surface area contributed by atoms with E-state index in [2.05, 4.69) is 20.8 Å². The van der Waals surface area contributed by atoms with Crippen LogP contribution in [0.25, 0.3) is 0 Å². The minimum atomic E-state index is -0.906. The molecule has 0 radical (unpaired) electrons. The Bertz CT molecular complexity index is 894. The molecule has 1 heterocycles. The smallest absolute Gasteiger partial charge is 0.250 e. The molecule has 3 rings (SSSR count). The van der Waals surface area contributed by atoms with Gasteiger partial charge in [-0.3, -0.25) is 4.79 Å². The van der Waals surface area contributed by atoms with Gasteiger partial charge in [0.25, 0.3) is 0 Å². The second kappa shape index (κ2) is 8.18. The van der Waals surface area contributed by atoms with Gasteiger partial charge in [-0.15, -0.1) is 10.2 Å². The molecule has 0 saturated carbocycles. The number of nitrogens with one attached hydrogen (secondary N) is 2. The van der Waals surface area contributed by atoms with Gasteiger partial charge >= 0.3 is 0 Å². The van der Waals surface area contributed by atoms with Gasteiger partial charge in [-0.2, -0.15) is 0 Å². The average Bonchev–Trinajstić information content (AvgIpc) is 3.09. The molecule has 1 amide bonds. The Morgan fingerprint density at radius 3 is 2.44 bits per heavy atom. The monoisotopic (exact) mass is 381 g/mol. The van der Waals surface area contributed by atoms with Gasteiger partial charge in [-0.1, -0.05) is 59.4 Å². The number of nitrogen functional groups attached to an aromatic ring is 1. The highest BCUT2D eigenvalue weighted by Gasteiger charge is 2.34. The van der Waals surface area contributed by atoms with Gasteiger partial charge in [0.1, 0.15) is 10.5 Å². The highest BCUT2D eigenvalue weighted by molar-refractivity contribution is 7.15. The van der Waals surface area contributed by atoms with E-state index in [-0.39, 0.29) is 5.91 Å². The SMILES string of the molecule is Cc1ccc(NC(C)(C(=O)NCCc2nnc(N)s2)c2ccccc2)cc1. The van der Waals surface area contributed by atoms with Gasteiger partial charge in [0.05, 0.1) is 0 Å². The summed E-state index contributed by atoms with van der Waals surface area (Å²) in [7, 11) is 0. The van der Waals surface area contributed by atoms with Crippen LogP contribution in [-0.2, 0) is 16.8 Å². The van der Waals surface area contributed by atoms with Crippen LogP contribution in [0.2, 0.25) is 0 Å². The Hall–Kier alpha value is -2.93. The van der Waals surface area contributed by atoms with Crippen LogP contribution in [0.1, 0.15) is 23.1 Å². The van der Waals surface area contributed by atoms with Crippen LogP contribution in [-0.4, -0.2) is 22.6 Å². The van der Waals surface area contributed by atoms with Crippen LogP contribution in [0.15, 0.2) is 54.6 Å². The molecular weight excluding hydrogens is 358 g/mol. The molecule has 1 aromatic heterocycles. The number of hydrogen-bond acceptors (Lipinski definition) is 6. The molecule has 1 unspecified atom stereocenters. The lowest BCUT2D eigenvalue weighted by molar-refractivity contribution is -0.125. The van der Waals surface area contributed by atoms with Crippen LogP contribution in [0, 0.1) is 6.92 Å². The topological polar surface area (TPSA) is 92.9 Å². The van der Waals surface area contributed by atoms with E-state index in [0.717, 1.165) is 16.3 Å². The Balaban J connectivity index is 1.76. The number of rotatable bonds is 7. The molecule has 27 heavy (non-hydrogen) atoms. The molecule has 0 spiro atoms. The molecule has 7 heteroatoms. The predicted molar refractivity (Wildman–Crippen MR) is 110 cm³/mol. The fraction of sp³-hybridized carbons (Fsp3) is 0.250. The highest BCUT2D eigenvalue weighted by Crippen LogP contribution is 2.27. The van der Waals surface area contributed by atoms with E-state index in [1.165, 1.54) is 16.9 Å². The summed E-state index contributed by atoms with van der Waals surface area (Å²) in [5.74, 6) is -0.105.